The number of nitrogens with one attached hydrogen (secondary N) is 1. The van der Waals surface area contributed by atoms with Crippen molar-refractivity contribution in [3.8, 4) is 5.69 Å². The molecule has 1 heterocycles. The monoisotopic (exact) mass is 259 g/mol. The molecule has 0 unspecified atom stereocenters. The first-order chi connectivity index (χ1) is 9.16. The summed E-state index contributed by atoms with van der Waals surface area (Å²) in [7, 11) is 0. The molecule has 0 radical (unpaired) electrons. The lowest BCUT2D eigenvalue weighted by atomic mass is 10.3. The van der Waals surface area contributed by atoms with Crippen molar-refractivity contribution in [2.24, 2.45) is 0 Å². The van der Waals surface area contributed by atoms with Crippen molar-refractivity contribution in [2.75, 3.05) is 6.54 Å². The number of hydrogen-bond acceptors (Lipinski definition) is 3. The van der Waals surface area contributed by atoms with E-state index in [0.29, 0.717) is 5.56 Å². The van der Waals surface area contributed by atoms with E-state index in [1.165, 1.54) is 6.20 Å². The molecule has 1 aromatic carbocycles. The second-order valence-corrected chi connectivity index (χ2v) is 3.91. The molecule has 0 aliphatic carbocycles. The number of nitrogens with zero attached hydrogens (tertiary/aromatic N) is 2. The molecule has 1 aromatic heterocycles. The Morgan fingerprint density at radius 1 is 1.26 bits per heavy atom. The number of benzene rings is 1. The Balaban J connectivity index is 2.01. The molecular weight excluding hydrogens is 246 g/mol. The highest BCUT2D eigenvalue weighted by Gasteiger charge is 2.09. The number of aliphatic carboxylic acids is 1. The minimum atomic E-state index is -0.944. The van der Waals surface area contributed by atoms with Gasteiger partial charge >= 0.3 is 5.97 Å². The van der Waals surface area contributed by atoms with Gasteiger partial charge in [0.2, 0.25) is 0 Å². The summed E-state index contributed by atoms with van der Waals surface area (Å²) in [6.45, 7) is 0.102. The zero-order valence-electron chi connectivity index (χ0n) is 10.1. The number of carbonyl (C=O) groups is 2. The lowest BCUT2D eigenvalue weighted by Crippen LogP contribution is -2.25. The highest BCUT2D eigenvalue weighted by atomic mass is 16.4. The van der Waals surface area contributed by atoms with Gasteiger partial charge in [0.15, 0.2) is 0 Å². The first-order valence-electron chi connectivity index (χ1n) is 5.77. The second kappa shape index (κ2) is 5.81. The third kappa shape index (κ3) is 3.41. The number of para-hydroxylation sites is 1. The highest BCUT2D eigenvalue weighted by molar-refractivity contribution is 5.93. The largest absolute Gasteiger partial charge is 0.481 e. The van der Waals surface area contributed by atoms with Gasteiger partial charge in [-0.05, 0) is 12.1 Å². The van der Waals surface area contributed by atoms with Crippen LogP contribution in [-0.2, 0) is 4.79 Å². The van der Waals surface area contributed by atoms with E-state index in [9.17, 15) is 9.59 Å². The third-order valence-corrected chi connectivity index (χ3v) is 2.49. The van der Waals surface area contributed by atoms with Crippen molar-refractivity contribution in [1.29, 1.82) is 0 Å². The molecule has 98 valence electrons. The number of rotatable bonds is 5. The highest BCUT2D eigenvalue weighted by Crippen LogP contribution is 2.07. The number of carboxylic acid groups (broad SMARTS) is 1. The summed E-state index contributed by atoms with van der Waals surface area (Å²) in [5.74, 6) is -1.27. The van der Waals surface area contributed by atoms with Crippen LogP contribution in [0.25, 0.3) is 5.69 Å². The summed E-state index contributed by atoms with van der Waals surface area (Å²) in [6, 6.07) is 9.40. The van der Waals surface area contributed by atoms with Gasteiger partial charge in [0, 0.05) is 12.7 Å². The quantitative estimate of drug-likeness (QED) is 0.841. The zero-order chi connectivity index (χ0) is 13.7. The first-order valence-corrected chi connectivity index (χ1v) is 5.77. The smallest absolute Gasteiger partial charge is 0.305 e. The van der Waals surface area contributed by atoms with Crippen molar-refractivity contribution < 1.29 is 14.7 Å². The van der Waals surface area contributed by atoms with E-state index in [0.717, 1.165) is 5.69 Å². The van der Waals surface area contributed by atoms with Crippen LogP contribution in [0.3, 0.4) is 0 Å². The molecule has 0 aliphatic rings. The van der Waals surface area contributed by atoms with E-state index < -0.39 is 5.97 Å². The molecule has 0 bridgehead atoms. The Morgan fingerprint density at radius 2 is 2.00 bits per heavy atom. The maximum absolute atomic E-state index is 11.7. The zero-order valence-corrected chi connectivity index (χ0v) is 10.1. The lowest BCUT2D eigenvalue weighted by molar-refractivity contribution is -0.136. The molecular formula is C13H13N3O3. The van der Waals surface area contributed by atoms with Crippen LogP contribution in [-0.4, -0.2) is 33.3 Å². The van der Waals surface area contributed by atoms with Crippen LogP contribution in [0.5, 0.6) is 0 Å². The van der Waals surface area contributed by atoms with Gasteiger partial charge in [-0.2, -0.15) is 5.10 Å². The normalized spacial score (nSPS) is 10.1. The molecule has 0 atom stereocenters. The molecule has 2 N–H and O–H groups in total. The van der Waals surface area contributed by atoms with Gasteiger partial charge < -0.3 is 10.4 Å². The number of hydrogen-bond donors (Lipinski definition) is 2. The van der Waals surface area contributed by atoms with Crippen LogP contribution in [0.1, 0.15) is 16.8 Å². The predicted octanol–water partition coefficient (Wildman–Crippen LogP) is 1.08. The molecule has 2 aromatic rings. The fourth-order valence-corrected chi connectivity index (χ4v) is 1.55. The summed E-state index contributed by atoms with van der Waals surface area (Å²) in [4.78, 5) is 22.1. The Labute approximate surface area is 109 Å². The van der Waals surface area contributed by atoms with Gasteiger partial charge in [-0.1, -0.05) is 18.2 Å². The molecule has 19 heavy (non-hydrogen) atoms. The molecule has 0 saturated heterocycles. The third-order valence-electron chi connectivity index (χ3n) is 2.49. The topological polar surface area (TPSA) is 84.2 Å². The minimum Gasteiger partial charge on any atom is -0.481 e. The van der Waals surface area contributed by atoms with Crippen molar-refractivity contribution in [3.05, 3.63) is 48.3 Å². The van der Waals surface area contributed by atoms with Gasteiger partial charge in [0.05, 0.1) is 23.9 Å². The Bertz CT molecular complexity index is 578. The summed E-state index contributed by atoms with van der Waals surface area (Å²) < 4.78 is 1.59. The fraction of sp³-hybridized carbons (Fsp3) is 0.154. The lowest BCUT2D eigenvalue weighted by Gasteiger charge is -2.01. The fourth-order valence-electron chi connectivity index (χ4n) is 1.55. The number of carbonyl (C=O) groups excluding carboxylic acids is 1. The molecule has 1 amide bonds. The molecule has 2 rings (SSSR count). The van der Waals surface area contributed by atoms with Crippen LogP contribution in [0, 0.1) is 0 Å². The van der Waals surface area contributed by atoms with Crippen LogP contribution in [0.4, 0.5) is 0 Å². The SMILES string of the molecule is O=C(O)CCNC(=O)c1cnn(-c2ccccc2)c1. The molecule has 0 spiro atoms. The standard InChI is InChI=1S/C13H13N3O3/c17-12(18)6-7-14-13(19)10-8-15-16(9-10)11-4-2-1-3-5-11/h1-5,8-9H,6-7H2,(H,14,19)(H,17,18). The van der Waals surface area contributed by atoms with Crippen molar-refractivity contribution in [1.82, 2.24) is 15.1 Å². The number of aromatic nitrogens is 2. The summed E-state index contributed by atoms with van der Waals surface area (Å²) >= 11 is 0. The Hall–Kier alpha value is -2.63. The number of amides is 1. The van der Waals surface area contributed by atoms with Crippen molar-refractivity contribution in [2.45, 2.75) is 6.42 Å². The molecule has 0 saturated carbocycles. The molecule has 0 fully saturated rings. The molecule has 0 aliphatic heterocycles. The van der Waals surface area contributed by atoms with E-state index in [4.69, 9.17) is 5.11 Å². The van der Waals surface area contributed by atoms with Crippen LogP contribution in [0.15, 0.2) is 42.7 Å². The van der Waals surface area contributed by atoms with Gasteiger partial charge in [-0.25, -0.2) is 4.68 Å². The Kier molecular flexibility index (Phi) is 3.92. The van der Waals surface area contributed by atoms with E-state index in [1.54, 1.807) is 10.9 Å². The van der Waals surface area contributed by atoms with Crippen molar-refractivity contribution in [3.63, 3.8) is 0 Å². The van der Waals surface area contributed by atoms with Crippen LogP contribution in [0.2, 0.25) is 0 Å². The van der Waals surface area contributed by atoms with Crippen LogP contribution < -0.4 is 5.32 Å². The van der Waals surface area contributed by atoms with E-state index in [1.807, 2.05) is 30.3 Å². The minimum absolute atomic E-state index is 0.0986. The number of carboxylic acids is 1. The predicted molar refractivity (Wildman–Crippen MR) is 68.2 cm³/mol. The van der Waals surface area contributed by atoms with E-state index in [-0.39, 0.29) is 18.9 Å². The second-order valence-electron chi connectivity index (χ2n) is 3.91. The molecule has 6 heteroatoms. The van der Waals surface area contributed by atoms with Gasteiger partial charge in [0.25, 0.3) is 5.91 Å². The summed E-state index contributed by atoms with van der Waals surface area (Å²) in [6.07, 6.45) is 2.95. The maximum atomic E-state index is 11.7. The van der Waals surface area contributed by atoms with Gasteiger partial charge in [-0.3, -0.25) is 9.59 Å². The van der Waals surface area contributed by atoms with Crippen LogP contribution >= 0.6 is 0 Å². The molecule has 6 nitrogen and oxygen atoms in total. The summed E-state index contributed by atoms with van der Waals surface area (Å²) in [5, 5.41) is 15.1. The first kappa shape index (κ1) is 12.8. The van der Waals surface area contributed by atoms with Gasteiger partial charge in [-0.15, -0.1) is 0 Å². The maximum Gasteiger partial charge on any atom is 0.305 e. The average Bonchev–Trinajstić information content (AvgIpc) is 2.89. The van der Waals surface area contributed by atoms with E-state index >= 15 is 0 Å². The average molecular weight is 259 g/mol. The van der Waals surface area contributed by atoms with E-state index in [2.05, 4.69) is 10.4 Å². The summed E-state index contributed by atoms with van der Waals surface area (Å²) in [5.41, 5.74) is 1.25. The van der Waals surface area contributed by atoms with Crippen molar-refractivity contribution >= 4 is 11.9 Å². The van der Waals surface area contributed by atoms with Gasteiger partial charge in [0.1, 0.15) is 0 Å². The Morgan fingerprint density at radius 3 is 2.68 bits per heavy atom.